The minimum atomic E-state index is -3.93. The lowest BCUT2D eigenvalue weighted by molar-refractivity contribution is 0.0510. The van der Waals surface area contributed by atoms with Crippen molar-refractivity contribution in [2.45, 2.75) is 24.0 Å². The minimum Gasteiger partial charge on any atom is -0.493 e. The molecule has 1 aliphatic carbocycles. The zero-order chi connectivity index (χ0) is 21.1. The topological polar surface area (TPSA) is 65.1 Å². The molecule has 0 spiro atoms. The largest absolute Gasteiger partial charge is 0.493 e. The lowest BCUT2D eigenvalue weighted by Gasteiger charge is -2.34. The molecule has 0 saturated carbocycles. The maximum Gasteiger partial charge on any atom is 0.267 e. The van der Waals surface area contributed by atoms with Crippen LogP contribution in [0.4, 0.5) is 0 Å². The number of hydrogen-bond acceptors (Lipinski definition) is 5. The van der Waals surface area contributed by atoms with E-state index in [4.69, 9.17) is 14.2 Å². The van der Waals surface area contributed by atoms with Gasteiger partial charge in [-0.05, 0) is 48.8 Å². The summed E-state index contributed by atoms with van der Waals surface area (Å²) in [5.41, 5.74) is 1.70. The van der Waals surface area contributed by atoms with Crippen molar-refractivity contribution in [1.82, 2.24) is 4.31 Å². The van der Waals surface area contributed by atoms with E-state index in [-0.39, 0.29) is 4.90 Å². The van der Waals surface area contributed by atoms with Gasteiger partial charge in [0, 0.05) is 17.8 Å². The molecule has 0 fully saturated rings. The highest BCUT2D eigenvalue weighted by atomic mass is 32.2. The first kappa shape index (κ1) is 20.1. The highest BCUT2D eigenvalue weighted by Crippen LogP contribution is 2.39. The van der Waals surface area contributed by atoms with Crippen molar-refractivity contribution in [3.63, 3.8) is 0 Å². The zero-order valence-electron chi connectivity index (χ0n) is 16.8. The molecule has 1 heterocycles. The van der Waals surface area contributed by atoms with Gasteiger partial charge in [0.2, 0.25) is 6.23 Å². The van der Waals surface area contributed by atoms with Gasteiger partial charge in [0.25, 0.3) is 10.0 Å². The molecule has 0 radical (unpaired) electrons. The SMILES string of the molecule is COc1ccc(S(=O)(=O)N2C=Cc3ccccc3C2OC2=CCCC=C2)cc1OC. The van der Waals surface area contributed by atoms with Gasteiger partial charge in [0.1, 0.15) is 5.76 Å². The number of sulfonamides is 1. The quantitative estimate of drug-likeness (QED) is 0.675. The van der Waals surface area contributed by atoms with Gasteiger partial charge < -0.3 is 14.2 Å². The van der Waals surface area contributed by atoms with Crippen molar-refractivity contribution >= 4 is 16.1 Å². The first-order chi connectivity index (χ1) is 14.5. The van der Waals surface area contributed by atoms with Crippen molar-refractivity contribution in [3.8, 4) is 11.5 Å². The van der Waals surface area contributed by atoms with Gasteiger partial charge in [-0.1, -0.05) is 30.3 Å². The van der Waals surface area contributed by atoms with E-state index in [1.54, 1.807) is 18.3 Å². The Balaban J connectivity index is 1.77. The van der Waals surface area contributed by atoms with E-state index in [0.717, 1.165) is 24.0 Å². The van der Waals surface area contributed by atoms with Crippen LogP contribution in [0.1, 0.15) is 30.2 Å². The summed E-state index contributed by atoms with van der Waals surface area (Å²) in [7, 11) is -0.951. The Morgan fingerprint density at radius 3 is 2.50 bits per heavy atom. The number of methoxy groups -OCH3 is 2. The number of fused-ring (bicyclic) bond motifs is 1. The molecular weight excluding hydrogens is 402 g/mol. The third-order valence-electron chi connectivity index (χ3n) is 5.03. The van der Waals surface area contributed by atoms with Crippen LogP contribution in [0.5, 0.6) is 11.5 Å². The van der Waals surface area contributed by atoms with Crippen molar-refractivity contribution in [2.75, 3.05) is 14.2 Å². The van der Waals surface area contributed by atoms with Crippen molar-refractivity contribution < 1.29 is 22.6 Å². The van der Waals surface area contributed by atoms with Gasteiger partial charge in [-0.3, -0.25) is 0 Å². The summed E-state index contributed by atoms with van der Waals surface area (Å²) in [6.07, 6.45) is 10.2. The van der Waals surface area contributed by atoms with Gasteiger partial charge in [-0.2, -0.15) is 0 Å². The monoisotopic (exact) mass is 425 g/mol. The standard InChI is InChI=1S/C23H23NO5S/c1-27-21-13-12-19(16-22(21)28-2)30(25,26)24-15-14-17-8-6-7-11-20(17)23(24)29-18-9-4-3-5-10-18/h4,6-16,23H,3,5H2,1-2H3. The van der Waals surface area contributed by atoms with E-state index in [1.807, 2.05) is 42.5 Å². The Bertz CT molecular complexity index is 1130. The molecule has 0 aromatic heterocycles. The average molecular weight is 426 g/mol. The second-order valence-electron chi connectivity index (χ2n) is 6.85. The predicted octanol–water partition coefficient (Wildman–Crippen LogP) is 4.63. The van der Waals surface area contributed by atoms with Crippen LogP contribution in [0.25, 0.3) is 6.08 Å². The van der Waals surface area contributed by atoms with Crippen molar-refractivity contribution in [1.29, 1.82) is 0 Å². The van der Waals surface area contributed by atoms with Crippen LogP contribution in [-0.2, 0) is 14.8 Å². The van der Waals surface area contributed by atoms with Crippen LogP contribution < -0.4 is 9.47 Å². The average Bonchev–Trinajstić information content (AvgIpc) is 2.79. The highest BCUT2D eigenvalue weighted by molar-refractivity contribution is 7.89. The first-order valence-corrected chi connectivity index (χ1v) is 11.0. The fraction of sp³-hybridized carbons (Fsp3) is 0.217. The normalized spacial score (nSPS) is 17.9. The molecule has 2 aliphatic rings. The molecule has 30 heavy (non-hydrogen) atoms. The van der Waals surface area contributed by atoms with Crippen LogP contribution in [-0.4, -0.2) is 26.9 Å². The molecule has 2 aromatic rings. The number of rotatable bonds is 6. The molecule has 2 aromatic carbocycles. The number of hydrogen-bond donors (Lipinski definition) is 0. The van der Waals surface area contributed by atoms with Crippen molar-refractivity contribution in [2.24, 2.45) is 0 Å². The van der Waals surface area contributed by atoms with Gasteiger partial charge in [-0.25, -0.2) is 12.7 Å². The molecule has 4 rings (SSSR count). The Labute approximate surface area is 176 Å². The third kappa shape index (κ3) is 3.68. The summed E-state index contributed by atoms with van der Waals surface area (Å²) in [5.74, 6) is 1.46. The highest BCUT2D eigenvalue weighted by Gasteiger charge is 2.35. The van der Waals surface area contributed by atoms with E-state index in [0.29, 0.717) is 17.3 Å². The maximum atomic E-state index is 13.6. The van der Waals surface area contributed by atoms with Crippen molar-refractivity contribution in [3.05, 3.63) is 83.8 Å². The fourth-order valence-electron chi connectivity index (χ4n) is 3.48. The molecular formula is C23H23NO5S. The van der Waals surface area contributed by atoms with Gasteiger partial charge >= 0.3 is 0 Å². The smallest absolute Gasteiger partial charge is 0.267 e. The van der Waals surface area contributed by atoms with Gasteiger partial charge in [-0.15, -0.1) is 0 Å². The molecule has 156 valence electrons. The summed E-state index contributed by atoms with van der Waals surface area (Å²) < 4.78 is 45.1. The second-order valence-corrected chi connectivity index (χ2v) is 8.70. The molecule has 0 bridgehead atoms. The van der Waals surface area contributed by atoms with E-state index in [2.05, 4.69) is 0 Å². The summed E-state index contributed by atoms with van der Waals surface area (Å²) in [5, 5.41) is 0. The number of nitrogens with zero attached hydrogens (tertiary/aromatic N) is 1. The first-order valence-electron chi connectivity index (χ1n) is 9.60. The molecule has 1 atom stereocenters. The summed E-state index contributed by atoms with van der Waals surface area (Å²) >= 11 is 0. The molecule has 0 N–H and O–H groups in total. The van der Waals surface area contributed by atoms with Gasteiger partial charge in [0.15, 0.2) is 11.5 Å². The van der Waals surface area contributed by atoms with Crippen LogP contribution in [0.2, 0.25) is 0 Å². The predicted molar refractivity (Wildman–Crippen MR) is 114 cm³/mol. The van der Waals surface area contributed by atoms with E-state index < -0.39 is 16.3 Å². The molecule has 0 saturated heterocycles. The fourth-order valence-corrected chi connectivity index (χ4v) is 4.85. The maximum absolute atomic E-state index is 13.6. The Morgan fingerprint density at radius 2 is 1.77 bits per heavy atom. The minimum absolute atomic E-state index is 0.0888. The van der Waals surface area contributed by atoms with Gasteiger partial charge in [0.05, 0.1) is 19.1 Å². The summed E-state index contributed by atoms with van der Waals surface area (Å²) in [6.45, 7) is 0. The lowest BCUT2D eigenvalue weighted by Crippen LogP contribution is -2.34. The summed E-state index contributed by atoms with van der Waals surface area (Å²) in [4.78, 5) is 0.0888. The lowest BCUT2D eigenvalue weighted by atomic mass is 10.0. The Morgan fingerprint density at radius 1 is 0.967 bits per heavy atom. The van der Waals surface area contributed by atoms with E-state index in [9.17, 15) is 8.42 Å². The van der Waals surface area contributed by atoms with E-state index in [1.165, 1.54) is 30.7 Å². The molecule has 1 unspecified atom stereocenters. The second kappa shape index (κ2) is 8.28. The van der Waals surface area contributed by atoms with Crippen LogP contribution >= 0.6 is 0 Å². The molecule has 7 heteroatoms. The van der Waals surface area contributed by atoms with E-state index >= 15 is 0 Å². The summed E-state index contributed by atoms with van der Waals surface area (Å²) in [6, 6.07) is 12.2. The zero-order valence-corrected chi connectivity index (χ0v) is 17.6. The van der Waals surface area contributed by atoms with Crippen LogP contribution in [0.3, 0.4) is 0 Å². The number of benzene rings is 2. The Kier molecular flexibility index (Phi) is 5.55. The van der Waals surface area contributed by atoms with Crippen LogP contribution in [0, 0.1) is 0 Å². The Hall–Kier alpha value is -3.19. The molecule has 6 nitrogen and oxygen atoms in total. The number of allylic oxidation sites excluding steroid dienone is 3. The number of ether oxygens (including phenoxy) is 3. The van der Waals surface area contributed by atoms with Crippen LogP contribution in [0.15, 0.2) is 77.5 Å². The molecule has 0 amide bonds. The molecule has 1 aliphatic heterocycles. The third-order valence-corrected chi connectivity index (χ3v) is 6.75.